The molecule has 2 heteroatoms. The normalized spacial score (nSPS) is 19.4. The molecule has 1 fully saturated rings. The monoisotopic (exact) mass is 274 g/mol. The minimum absolute atomic E-state index is 0.496. The summed E-state index contributed by atoms with van der Waals surface area (Å²) in [5.74, 6) is 0. The number of rotatable bonds is 6. The van der Waals surface area contributed by atoms with Crippen molar-refractivity contribution in [2.24, 2.45) is 5.41 Å². The van der Waals surface area contributed by atoms with Crippen molar-refractivity contribution in [2.45, 2.75) is 39.7 Å². The Bertz CT molecular complexity index is 380. The smallest absolute Gasteiger partial charge is 0.0233 e. The van der Waals surface area contributed by atoms with Crippen molar-refractivity contribution in [3.05, 3.63) is 35.9 Å². The average molecular weight is 274 g/mol. The van der Waals surface area contributed by atoms with E-state index in [2.05, 4.69) is 61.0 Å². The van der Waals surface area contributed by atoms with Crippen LogP contribution in [-0.4, -0.2) is 43.0 Å². The van der Waals surface area contributed by atoms with Gasteiger partial charge in [0.2, 0.25) is 0 Å². The highest BCUT2D eigenvalue weighted by Gasteiger charge is 2.30. The molecule has 112 valence electrons. The molecule has 0 saturated carbocycles. The zero-order valence-electron chi connectivity index (χ0n) is 13.4. The fraction of sp³-hybridized carbons (Fsp3) is 0.667. The van der Waals surface area contributed by atoms with Crippen molar-refractivity contribution < 1.29 is 0 Å². The summed E-state index contributed by atoms with van der Waals surface area (Å²) in [4.78, 5) is 5.11. The minimum Gasteiger partial charge on any atom is -0.306 e. The molecule has 0 bridgehead atoms. The molecule has 0 aromatic heterocycles. The van der Waals surface area contributed by atoms with Gasteiger partial charge in [0, 0.05) is 13.1 Å². The highest BCUT2D eigenvalue weighted by atomic mass is 15.1. The Kier molecular flexibility index (Phi) is 5.62. The maximum absolute atomic E-state index is 2.65. The van der Waals surface area contributed by atoms with Gasteiger partial charge in [0.25, 0.3) is 0 Å². The van der Waals surface area contributed by atoms with Crippen LogP contribution in [0.5, 0.6) is 0 Å². The summed E-state index contributed by atoms with van der Waals surface area (Å²) < 4.78 is 0. The summed E-state index contributed by atoms with van der Waals surface area (Å²) in [6.07, 6.45) is 3.90. The number of hydrogen-bond acceptors (Lipinski definition) is 2. The Morgan fingerprint density at radius 2 is 1.80 bits per heavy atom. The van der Waals surface area contributed by atoms with Crippen LogP contribution >= 0.6 is 0 Å². The van der Waals surface area contributed by atoms with Gasteiger partial charge in [-0.2, -0.15) is 0 Å². The molecule has 1 aliphatic rings. The van der Waals surface area contributed by atoms with Crippen molar-refractivity contribution in [3.8, 4) is 0 Å². The van der Waals surface area contributed by atoms with Gasteiger partial charge < -0.3 is 4.90 Å². The summed E-state index contributed by atoms with van der Waals surface area (Å²) in [6.45, 7) is 10.8. The second-order valence-electron chi connectivity index (χ2n) is 6.81. The number of hydrogen-bond donors (Lipinski definition) is 0. The first-order valence-corrected chi connectivity index (χ1v) is 8.06. The SMILES string of the molecule is CCCN(Cc1ccccc1)CC1(C)CCN(C)CC1. The van der Waals surface area contributed by atoms with Crippen LogP contribution in [0.4, 0.5) is 0 Å². The standard InChI is InChI=1S/C18H30N2/c1-4-12-20(15-17-8-6-5-7-9-17)16-18(2)10-13-19(3)14-11-18/h5-9H,4,10-16H2,1-3H3. The molecule has 0 radical (unpaired) electrons. The largest absolute Gasteiger partial charge is 0.306 e. The van der Waals surface area contributed by atoms with Crippen molar-refractivity contribution in [2.75, 3.05) is 33.2 Å². The van der Waals surface area contributed by atoms with Crippen LogP contribution in [0.2, 0.25) is 0 Å². The van der Waals surface area contributed by atoms with E-state index in [1.165, 1.54) is 51.0 Å². The van der Waals surface area contributed by atoms with Gasteiger partial charge in [-0.25, -0.2) is 0 Å². The van der Waals surface area contributed by atoms with Gasteiger partial charge in [-0.15, -0.1) is 0 Å². The van der Waals surface area contributed by atoms with E-state index in [9.17, 15) is 0 Å². The molecule has 1 heterocycles. The molecule has 20 heavy (non-hydrogen) atoms. The summed E-state index contributed by atoms with van der Waals surface area (Å²) in [5, 5.41) is 0. The Hall–Kier alpha value is -0.860. The number of nitrogens with zero attached hydrogens (tertiary/aromatic N) is 2. The van der Waals surface area contributed by atoms with E-state index in [4.69, 9.17) is 0 Å². The lowest BCUT2D eigenvalue weighted by molar-refractivity contribution is 0.0830. The van der Waals surface area contributed by atoms with Gasteiger partial charge in [0.1, 0.15) is 0 Å². The lowest BCUT2D eigenvalue weighted by Gasteiger charge is -2.41. The summed E-state index contributed by atoms with van der Waals surface area (Å²) in [5.41, 5.74) is 1.94. The van der Waals surface area contributed by atoms with Crippen molar-refractivity contribution in [3.63, 3.8) is 0 Å². The predicted molar refractivity (Wildman–Crippen MR) is 86.8 cm³/mol. The highest BCUT2D eigenvalue weighted by Crippen LogP contribution is 2.31. The van der Waals surface area contributed by atoms with Crippen molar-refractivity contribution >= 4 is 0 Å². The van der Waals surface area contributed by atoms with Gasteiger partial charge in [-0.1, -0.05) is 44.2 Å². The highest BCUT2D eigenvalue weighted by molar-refractivity contribution is 5.14. The molecule has 2 rings (SSSR count). The first-order chi connectivity index (χ1) is 9.61. The number of piperidine rings is 1. The quantitative estimate of drug-likeness (QED) is 0.781. The fourth-order valence-electron chi connectivity index (χ4n) is 3.23. The zero-order chi connectivity index (χ0) is 14.4. The first kappa shape index (κ1) is 15.5. The molecule has 0 unspecified atom stereocenters. The molecular weight excluding hydrogens is 244 g/mol. The van der Waals surface area contributed by atoms with E-state index in [0.717, 1.165) is 6.54 Å². The third kappa shape index (κ3) is 4.60. The first-order valence-electron chi connectivity index (χ1n) is 8.06. The van der Waals surface area contributed by atoms with E-state index in [0.29, 0.717) is 5.41 Å². The summed E-state index contributed by atoms with van der Waals surface area (Å²) in [6, 6.07) is 10.9. The van der Waals surface area contributed by atoms with Crippen LogP contribution in [0.15, 0.2) is 30.3 Å². The van der Waals surface area contributed by atoms with Crippen LogP contribution in [0.3, 0.4) is 0 Å². The topological polar surface area (TPSA) is 6.48 Å². The predicted octanol–water partition coefficient (Wildman–Crippen LogP) is 3.63. The van der Waals surface area contributed by atoms with Crippen LogP contribution < -0.4 is 0 Å². The molecule has 2 nitrogen and oxygen atoms in total. The molecule has 0 atom stereocenters. The van der Waals surface area contributed by atoms with Gasteiger partial charge in [0.15, 0.2) is 0 Å². The maximum atomic E-state index is 2.65. The molecule has 1 saturated heterocycles. The summed E-state index contributed by atoms with van der Waals surface area (Å²) >= 11 is 0. The third-order valence-electron chi connectivity index (χ3n) is 4.59. The second-order valence-corrected chi connectivity index (χ2v) is 6.81. The van der Waals surface area contributed by atoms with Gasteiger partial charge in [0.05, 0.1) is 0 Å². The Morgan fingerprint density at radius 1 is 1.15 bits per heavy atom. The van der Waals surface area contributed by atoms with Gasteiger partial charge >= 0.3 is 0 Å². The zero-order valence-corrected chi connectivity index (χ0v) is 13.4. The number of likely N-dealkylation sites (tertiary alicyclic amines) is 1. The molecule has 1 aromatic rings. The molecule has 0 amide bonds. The van der Waals surface area contributed by atoms with E-state index >= 15 is 0 Å². The fourth-order valence-corrected chi connectivity index (χ4v) is 3.23. The van der Waals surface area contributed by atoms with E-state index in [-0.39, 0.29) is 0 Å². The third-order valence-corrected chi connectivity index (χ3v) is 4.59. The van der Waals surface area contributed by atoms with Crippen LogP contribution in [0.1, 0.15) is 38.7 Å². The van der Waals surface area contributed by atoms with Gasteiger partial charge in [-0.05, 0) is 56.9 Å². The molecule has 0 N–H and O–H groups in total. The lowest BCUT2D eigenvalue weighted by Crippen LogP contribution is -2.43. The van der Waals surface area contributed by atoms with E-state index in [1.807, 2.05) is 0 Å². The Morgan fingerprint density at radius 3 is 2.40 bits per heavy atom. The summed E-state index contributed by atoms with van der Waals surface area (Å²) in [7, 11) is 2.24. The Labute approximate surface area is 124 Å². The number of benzene rings is 1. The average Bonchev–Trinajstić information content (AvgIpc) is 2.44. The van der Waals surface area contributed by atoms with E-state index in [1.54, 1.807) is 0 Å². The van der Waals surface area contributed by atoms with Crippen LogP contribution in [0, 0.1) is 5.41 Å². The molecule has 0 spiro atoms. The van der Waals surface area contributed by atoms with Gasteiger partial charge in [-0.3, -0.25) is 4.90 Å². The van der Waals surface area contributed by atoms with E-state index < -0.39 is 0 Å². The molecule has 0 aliphatic carbocycles. The minimum atomic E-state index is 0.496. The van der Waals surface area contributed by atoms with Crippen LogP contribution in [-0.2, 0) is 6.54 Å². The van der Waals surface area contributed by atoms with Crippen LogP contribution in [0.25, 0.3) is 0 Å². The lowest BCUT2D eigenvalue weighted by atomic mass is 9.80. The van der Waals surface area contributed by atoms with Crippen molar-refractivity contribution in [1.29, 1.82) is 0 Å². The second kappa shape index (κ2) is 7.24. The molecular formula is C18H30N2. The maximum Gasteiger partial charge on any atom is 0.0233 e. The molecule has 1 aliphatic heterocycles. The molecule has 1 aromatic carbocycles. The van der Waals surface area contributed by atoms with Crippen molar-refractivity contribution in [1.82, 2.24) is 9.80 Å². The Balaban J connectivity index is 1.95.